The van der Waals surface area contributed by atoms with E-state index >= 15 is 0 Å². The molecule has 0 unspecified atom stereocenters. The molecule has 0 fully saturated rings. The second-order valence-corrected chi connectivity index (χ2v) is 3.78. The van der Waals surface area contributed by atoms with E-state index in [1.54, 1.807) is 6.20 Å². The number of para-hydroxylation sites is 1. The van der Waals surface area contributed by atoms with Crippen molar-refractivity contribution in [3.05, 3.63) is 48.2 Å². The molecule has 0 amide bonds. The fourth-order valence-electron chi connectivity index (χ4n) is 1.72. The highest BCUT2D eigenvalue weighted by Crippen LogP contribution is 2.26. The molecular weight excluding hydrogens is 198 g/mol. The first-order valence-electron chi connectivity index (χ1n) is 5.19. The van der Waals surface area contributed by atoms with Gasteiger partial charge in [-0.25, -0.2) is 4.98 Å². The zero-order valence-corrected chi connectivity index (χ0v) is 9.51. The van der Waals surface area contributed by atoms with Gasteiger partial charge in [-0.2, -0.15) is 0 Å². The van der Waals surface area contributed by atoms with E-state index in [1.807, 2.05) is 31.3 Å². The molecule has 0 aliphatic carbocycles. The molecular formula is C13H15N3. The standard InChI is InChI=1S/C13H15N3/c1-10-5-3-4-6-12(10)16(2)11-7-8-15-13(14)9-11/h3-9H,1-2H3,(H2,14,15). The van der Waals surface area contributed by atoms with Gasteiger partial charge in [-0.1, -0.05) is 18.2 Å². The minimum absolute atomic E-state index is 0.540. The quantitative estimate of drug-likeness (QED) is 0.834. The number of benzene rings is 1. The number of nitrogens with zero attached hydrogens (tertiary/aromatic N) is 2. The largest absolute Gasteiger partial charge is 0.384 e. The molecule has 0 aliphatic heterocycles. The second-order valence-electron chi connectivity index (χ2n) is 3.78. The number of hydrogen-bond acceptors (Lipinski definition) is 3. The van der Waals surface area contributed by atoms with Crippen molar-refractivity contribution in [2.45, 2.75) is 6.92 Å². The van der Waals surface area contributed by atoms with Gasteiger partial charge in [0.1, 0.15) is 5.82 Å². The lowest BCUT2D eigenvalue weighted by molar-refractivity contribution is 1.17. The van der Waals surface area contributed by atoms with E-state index in [1.165, 1.54) is 11.3 Å². The summed E-state index contributed by atoms with van der Waals surface area (Å²) in [5, 5.41) is 0. The zero-order chi connectivity index (χ0) is 11.5. The van der Waals surface area contributed by atoms with Gasteiger partial charge in [0.25, 0.3) is 0 Å². The molecule has 3 heteroatoms. The third-order valence-corrected chi connectivity index (χ3v) is 2.63. The third-order valence-electron chi connectivity index (χ3n) is 2.63. The van der Waals surface area contributed by atoms with E-state index in [4.69, 9.17) is 5.73 Å². The molecule has 0 saturated heterocycles. The van der Waals surface area contributed by atoms with E-state index in [-0.39, 0.29) is 0 Å². The van der Waals surface area contributed by atoms with Crippen LogP contribution in [0.4, 0.5) is 17.2 Å². The van der Waals surface area contributed by atoms with E-state index in [2.05, 4.69) is 28.9 Å². The number of aromatic nitrogens is 1. The molecule has 1 aromatic heterocycles. The molecule has 1 aromatic carbocycles. The summed E-state index contributed by atoms with van der Waals surface area (Å²) in [5.74, 6) is 0.540. The first-order valence-corrected chi connectivity index (χ1v) is 5.19. The predicted octanol–water partition coefficient (Wildman–Crippen LogP) is 2.74. The van der Waals surface area contributed by atoms with Crippen LogP contribution in [0.5, 0.6) is 0 Å². The lowest BCUT2D eigenvalue weighted by Crippen LogP contribution is -2.11. The fourth-order valence-corrected chi connectivity index (χ4v) is 1.72. The average Bonchev–Trinajstić information content (AvgIpc) is 2.29. The van der Waals surface area contributed by atoms with Crippen molar-refractivity contribution in [2.24, 2.45) is 0 Å². The van der Waals surface area contributed by atoms with Crippen molar-refractivity contribution in [3.8, 4) is 0 Å². The summed E-state index contributed by atoms with van der Waals surface area (Å²) >= 11 is 0. The number of nitrogens with two attached hydrogens (primary N) is 1. The van der Waals surface area contributed by atoms with Crippen LogP contribution in [0.2, 0.25) is 0 Å². The topological polar surface area (TPSA) is 42.2 Å². The van der Waals surface area contributed by atoms with Crippen LogP contribution in [0.3, 0.4) is 0 Å². The van der Waals surface area contributed by atoms with Gasteiger partial charge in [0.15, 0.2) is 0 Å². The summed E-state index contributed by atoms with van der Waals surface area (Å²) in [7, 11) is 2.02. The maximum Gasteiger partial charge on any atom is 0.125 e. The van der Waals surface area contributed by atoms with Gasteiger partial charge in [0.05, 0.1) is 0 Å². The minimum atomic E-state index is 0.540. The van der Waals surface area contributed by atoms with Crippen molar-refractivity contribution >= 4 is 17.2 Å². The Labute approximate surface area is 95.5 Å². The summed E-state index contributed by atoms with van der Waals surface area (Å²) in [6, 6.07) is 12.1. The molecule has 2 aromatic rings. The Morgan fingerprint density at radius 3 is 2.62 bits per heavy atom. The SMILES string of the molecule is Cc1ccccc1N(C)c1ccnc(N)c1. The van der Waals surface area contributed by atoms with Gasteiger partial charge in [-0.3, -0.25) is 0 Å². The normalized spacial score (nSPS) is 10.1. The van der Waals surface area contributed by atoms with Crippen molar-refractivity contribution in [1.29, 1.82) is 0 Å². The number of nitrogen functional groups attached to an aromatic ring is 1. The molecule has 0 bridgehead atoms. The minimum Gasteiger partial charge on any atom is -0.384 e. The van der Waals surface area contributed by atoms with E-state index in [0.717, 1.165) is 5.69 Å². The van der Waals surface area contributed by atoms with Crippen molar-refractivity contribution in [1.82, 2.24) is 4.98 Å². The Morgan fingerprint density at radius 2 is 1.94 bits per heavy atom. The van der Waals surface area contributed by atoms with Gasteiger partial charge >= 0.3 is 0 Å². The number of pyridine rings is 1. The predicted molar refractivity (Wildman–Crippen MR) is 67.9 cm³/mol. The molecule has 2 rings (SSSR count). The van der Waals surface area contributed by atoms with Gasteiger partial charge in [-0.05, 0) is 24.6 Å². The van der Waals surface area contributed by atoms with Crippen LogP contribution in [-0.2, 0) is 0 Å². The molecule has 0 saturated carbocycles. The van der Waals surface area contributed by atoms with Crippen molar-refractivity contribution in [3.63, 3.8) is 0 Å². The smallest absolute Gasteiger partial charge is 0.125 e. The summed E-state index contributed by atoms with van der Waals surface area (Å²) in [6.45, 7) is 2.09. The Balaban J connectivity index is 2.39. The van der Waals surface area contributed by atoms with E-state index in [0.29, 0.717) is 5.82 Å². The summed E-state index contributed by atoms with van der Waals surface area (Å²) in [5.41, 5.74) is 9.13. The lowest BCUT2D eigenvalue weighted by atomic mass is 10.2. The molecule has 16 heavy (non-hydrogen) atoms. The van der Waals surface area contributed by atoms with Crippen LogP contribution in [0.25, 0.3) is 0 Å². The maximum atomic E-state index is 5.67. The molecule has 0 atom stereocenters. The van der Waals surface area contributed by atoms with Gasteiger partial charge in [0.2, 0.25) is 0 Å². The first kappa shape index (κ1) is 10.5. The maximum absolute atomic E-state index is 5.67. The fraction of sp³-hybridized carbons (Fsp3) is 0.154. The molecule has 1 heterocycles. The molecule has 0 radical (unpaired) electrons. The highest BCUT2D eigenvalue weighted by atomic mass is 15.1. The number of aryl methyl sites for hydroxylation is 1. The van der Waals surface area contributed by atoms with Crippen molar-refractivity contribution in [2.75, 3.05) is 17.7 Å². The van der Waals surface area contributed by atoms with Crippen LogP contribution < -0.4 is 10.6 Å². The highest BCUT2D eigenvalue weighted by Gasteiger charge is 2.06. The molecule has 2 N–H and O–H groups in total. The van der Waals surface area contributed by atoms with Crippen LogP contribution >= 0.6 is 0 Å². The number of hydrogen-bond donors (Lipinski definition) is 1. The third kappa shape index (κ3) is 1.98. The number of rotatable bonds is 2. The van der Waals surface area contributed by atoms with E-state index in [9.17, 15) is 0 Å². The monoisotopic (exact) mass is 213 g/mol. The lowest BCUT2D eigenvalue weighted by Gasteiger charge is -2.21. The molecule has 82 valence electrons. The Hall–Kier alpha value is -2.03. The van der Waals surface area contributed by atoms with Crippen LogP contribution in [0.1, 0.15) is 5.56 Å². The van der Waals surface area contributed by atoms with E-state index < -0.39 is 0 Å². The molecule has 0 spiro atoms. The summed E-state index contributed by atoms with van der Waals surface area (Å²) in [4.78, 5) is 6.09. The Morgan fingerprint density at radius 1 is 1.19 bits per heavy atom. The van der Waals surface area contributed by atoms with Gasteiger partial charge in [0, 0.05) is 30.7 Å². The summed E-state index contributed by atoms with van der Waals surface area (Å²) < 4.78 is 0. The van der Waals surface area contributed by atoms with Crippen LogP contribution in [-0.4, -0.2) is 12.0 Å². The molecule has 3 nitrogen and oxygen atoms in total. The second kappa shape index (κ2) is 4.23. The van der Waals surface area contributed by atoms with Crippen molar-refractivity contribution < 1.29 is 0 Å². The van der Waals surface area contributed by atoms with Crippen LogP contribution in [0.15, 0.2) is 42.6 Å². The summed E-state index contributed by atoms with van der Waals surface area (Å²) in [6.07, 6.45) is 1.72. The van der Waals surface area contributed by atoms with Gasteiger partial charge in [-0.15, -0.1) is 0 Å². The zero-order valence-electron chi connectivity index (χ0n) is 9.51. The van der Waals surface area contributed by atoms with Crippen LogP contribution in [0, 0.1) is 6.92 Å². The molecule has 0 aliphatic rings. The highest BCUT2D eigenvalue weighted by molar-refractivity contribution is 5.66. The number of anilines is 3. The first-order chi connectivity index (χ1) is 7.68. The Kier molecular flexibility index (Phi) is 2.77. The van der Waals surface area contributed by atoms with Gasteiger partial charge < -0.3 is 10.6 Å². The average molecular weight is 213 g/mol. The Bertz CT molecular complexity index is 494.